The molecule has 0 bridgehead atoms. The molecule has 4 nitrogen and oxygen atoms in total. The maximum atomic E-state index is 9.25. The lowest BCUT2D eigenvalue weighted by Gasteiger charge is -2.14. The number of fused-ring (bicyclic) bond motifs is 2. The van der Waals surface area contributed by atoms with Gasteiger partial charge in [0.25, 0.3) is 0 Å². The van der Waals surface area contributed by atoms with Crippen LogP contribution in [0.25, 0.3) is 50.1 Å². The fourth-order valence-corrected chi connectivity index (χ4v) is 4.29. The lowest BCUT2D eigenvalue weighted by molar-refractivity contribution is 1.29. The largest absolute Gasteiger partial charge is 0.338 e. The van der Waals surface area contributed by atoms with Crippen molar-refractivity contribution in [2.45, 2.75) is 6.92 Å². The summed E-state index contributed by atoms with van der Waals surface area (Å²) < 4.78 is 0. The van der Waals surface area contributed by atoms with E-state index in [-0.39, 0.29) is 0 Å². The van der Waals surface area contributed by atoms with Crippen molar-refractivity contribution in [3.05, 3.63) is 108 Å². The Bertz CT molecular complexity index is 1540. The Hall–Kier alpha value is -4.93. The van der Waals surface area contributed by atoms with Crippen molar-refractivity contribution >= 4 is 27.9 Å². The third-order valence-corrected chi connectivity index (χ3v) is 5.84. The first-order valence-corrected chi connectivity index (χ1v) is 11.0. The molecule has 0 spiro atoms. The average Bonchev–Trinajstić information content (AvgIpc) is 3.30. The van der Waals surface area contributed by atoms with Gasteiger partial charge < -0.3 is 4.98 Å². The Morgan fingerprint density at radius 1 is 0.735 bits per heavy atom. The minimum absolute atomic E-state index is 0.621. The second kappa shape index (κ2) is 8.90. The maximum absolute atomic E-state index is 9.25. The van der Waals surface area contributed by atoms with E-state index in [0.29, 0.717) is 11.1 Å². The van der Waals surface area contributed by atoms with Gasteiger partial charge in [0.2, 0.25) is 0 Å². The standard InChI is InChI=1S/C30H20N4/c1-2-3-4-9-26-33-29-27(22-14-10-20(18-31)11-15-22)24-7-5-6-8-25(24)28(30(29)34-26)23-16-12-21(19-32)13-17-23/h2-17H,1H3,(H,33,34)/b3-2-,9-4-. The van der Waals surface area contributed by atoms with Crippen LogP contribution < -0.4 is 0 Å². The summed E-state index contributed by atoms with van der Waals surface area (Å²) in [7, 11) is 0. The summed E-state index contributed by atoms with van der Waals surface area (Å²) in [4.78, 5) is 8.51. The van der Waals surface area contributed by atoms with E-state index in [1.54, 1.807) is 0 Å². The summed E-state index contributed by atoms with van der Waals surface area (Å²) in [6.07, 6.45) is 7.85. The van der Waals surface area contributed by atoms with E-state index in [1.165, 1.54) is 0 Å². The molecular weight excluding hydrogens is 416 g/mol. The van der Waals surface area contributed by atoms with E-state index in [2.05, 4.69) is 29.3 Å². The quantitative estimate of drug-likeness (QED) is 0.299. The van der Waals surface area contributed by atoms with Crippen LogP contribution in [0, 0.1) is 22.7 Å². The third-order valence-electron chi connectivity index (χ3n) is 5.84. The van der Waals surface area contributed by atoms with E-state index in [1.807, 2.05) is 91.9 Å². The molecule has 0 unspecified atom stereocenters. The van der Waals surface area contributed by atoms with Crippen LogP contribution in [0.5, 0.6) is 0 Å². The van der Waals surface area contributed by atoms with Crippen molar-refractivity contribution in [2.75, 3.05) is 0 Å². The van der Waals surface area contributed by atoms with Crippen LogP contribution in [0.4, 0.5) is 0 Å². The molecule has 4 aromatic carbocycles. The van der Waals surface area contributed by atoms with Gasteiger partial charge in [-0.25, -0.2) is 4.98 Å². The number of rotatable bonds is 4. The number of hydrogen-bond acceptors (Lipinski definition) is 3. The number of allylic oxidation sites excluding steroid dienone is 3. The molecule has 160 valence electrons. The van der Waals surface area contributed by atoms with Gasteiger partial charge in [-0.2, -0.15) is 10.5 Å². The van der Waals surface area contributed by atoms with Crippen LogP contribution in [0.15, 0.2) is 91.0 Å². The fraction of sp³-hybridized carbons (Fsp3) is 0.0333. The van der Waals surface area contributed by atoms with Crippen molar-refractivity contribution in [2.24, 2.45) is 0 Å². The summed E-state index contributed by atoms with van der Waals surface area (Å²) in [6.45, 7) is 1.97. The predicted molar refractivity (Wildman–Crippen MR) is 138 cm³/mol. The van der Waals surface area contributed by atoms with Crippen molar-refractivity contribution in [3.8, 4) is 34.4 Å². The fourth-order valence-electron chi connectivity index (χ4n) is 4.29. The summed E-state index contributed by atoms with van der Waals surface area (Å²) in [5.41, 5.74) is 7.13. The zero-order valence-electron chi connectivity index (χ0n) is 18.6. The Morgan fingerprint density at radius 2 is 1.29 bits per heavy atom. The number of nitrogens with zero attached hydrogens (tertiary/aromatic N) is 3. The van der Waals surface area contributed by atoms with E-state index >= 15 is 0 Å². The summed E-state index contributed by atoms with van der Waals surface area (Å²) in [5, 5.41) is 20.7. The zero-order chi connectivity index (χ0) is 23.5. The van der Waals surface area contributed by atoms with E-state index in [0.717, 1.165) is 49.9 Å². The minimum atomic E-state index is 0.621. The molecule has 1 heterocycles. The number of aromatic amines is 1. The highest BCUT2D eigenvalue weighted by Gasteiger charge is 2.19. The average molecular weight is 437 g/mol. The molecule has 34 heavy (non-hydrogen) atoms. The molecule has 5 rings (SSSR count). The number of imidazole rings is 1. The number of nitrogens with one attached hydrogen (secondary N) is 1. The Kier molecular flexibility index (Phi) is 5.48. The molecule has 4 heteroatoms. The monoisotopic (exact) mass is 436 g/mol. The van der Waals surface area contributed by atoms with Crippen molar-refractivity contribution < 1.29 is 0 Å². The molecule has 5 aromatic rings. The first-order chi connectivity index (χ1) is 16.7. The highest BCUT2D eigenvalue weighted by atomic mass is 14.9. The van der Waals surface area contributed by atoms with Gasteiger partial charge in [0, 0.05) is 11.1 Å². The van der Waals surface area contributed by atoms with Gasteiger partial charge in [-0.05, 0) is 59.2 Å². The molecule has 0 aliphatic rings. The smallest absolute Gasteiger partial charge is 0.131 e. The molecule has 0 radical (unpaired) electrons. The van der Waals surface area contributed by atoms with Crippen LogP contribution in [-0.2, 0) is 0 Å². The SMILES string of the molecule is C/C=C\C=C/c1nc2c(-c3ccc(C#N)cc3)c3ccccc3c(-c3ccc(C#N)cc3)c2[nH]1. The Morgan fingerprint density at radius 3 is 1.85 bits per heavy atom. The third kappa shape index (κ3) is 3.64. The molecule has 1 N–H and O–H groups in total. The number of hydrogen-bond donors (Lipinski definition) is 1. The molecular formula is C30H20N4. The van der Waals surface area contributed by atoms with Gasteiger partial charge in [0.1, 0.15) is 5.82 Å². The molecule has 0 aliphatic heterocycles. The first-order valence-electron chi connectivity index (χ1n) is 11.0. The second-order valence-electron chi connectivity index (χ2n) is 7.90. The first kappa shape index (κ1) is 20.9. The number of H-pyrrole nitrogens is 1. The number of aromatic nitrogens is 2. The van der Waals surface area contributed by atoms with Crippen LogP contribution in [0.3, 0.4) is 0 Å². The van der Waals surface area contributed by atoms with Gasteiger partial charge in [0.05, 0.1) is 34.3 Å². The number of benzene rings is 4. The van der Waals surface area contributed by atoms with Gasteiger partial charge in [-0.3, -0.25) is 0 Å². The molecule has 0 saturated carbocycles. The molecule has 0 saturated heterocycles. The molecule has 0 aliphatic carbocycles. The Labute approximate surface area is 197 Å². The minimum Gasteiger partial charge on any atom is -0.338 e. The highest BCUT2D eigenvalue weighted by molar-refractivity contribution is 6.19. The zero-order valence-corrected chi connectivity index (χ0v) is 18.6. The van der Waals surface area contributed by atoms with Crippen LogP contribution in [0.2, 0.25) is 0 Å². The van der Waals surface area contributed by atoms with Gasteiger partial charge in [0.15, 0.2) is 0 Å². The molecule has 0 atom stereocenters. The van der Waals surface area contributed by atoms with Crippen LogP contribution in [-0.4, -0.2) is 9.97 Å². The number of nitriles is 2. The molecule has 0 fully saturated rings. The van der Waals surface area contributed by atoms with Gasteiger partial charge in [-0.1, -0.05) is 66.8 Å². The lowest BCUT2D eigenvalue weighted by Crippen LogP contribution is -1.90. The maximum Gasteiger partial charge on any atom is 0.131 e. The van der Waals surface area contributed by atoms with E-state index in [4.69, 9.17) is 4.98 Å². The van der Waals surface area contributed by atoms with Crippen LogP contribution >= 0.6 is 0 Å². The topological polar surface area (TPSA) is 76.3 Å². The van der Waals surface area contributed by atoms with Crippen molar-refractivity contribution in [3.63, 3.8) is 0 Å². The summed E-state index contributed by atoms with van der Waals surface area (Å²) in [5.74, 6) is 0.758. The molecule has 1 aromatic heterocycles. The van der Waals surface area contributed by atoms with Crippen molar-refractivity contribution in [1.29, 1.82) is 10.5 Å². The predicted octanol–water partition coefficient (Wildman–Crippen LogP) is 7.38. The van der Waals surface area contributed by atoms with E-state index in [9.17, 15) is 10.5 Å². The van der Waals surface area contributed by atoms with Crippen LogP contribution in [0.1, 0.15) is 23.9 Å². The molecule has 0 amide bonds. The summed E-state index contributed by atoms with van der Waals surface area (Å²) >= 11 is 0. The van der Waals surface area contributed by atoms with E-state index < -0.39 is 0 Å². The highest BCUT2D eigenvalue weighted by Crippen LogP contribution is 2.42. The summed E-state index contributed by atoms with van der Waals surface area (Å²) in [6, 6.07) is 28.0. The Balaban J connectivity index is 1.89. The van der Waals surface area contributed by atoms with Crippen molar-refractivity contribution in [1.82, 2.24) is 9.97 Å². The van der Waals surface area contributed by atoms with Gasteiger partial charge >= 0.3 is 0 Å². The second-order valence-corrected chi connectivity index (χ2v) is 7.90. The van der Waals surface area contributed by atoms with Gasteiger partial charge in [-0.15, -0.1) is 0 Å². The normalized spacial score (nSPS) is 11.4. The lowest BCUT2D eigenvalue weighted by atomic mass is 9.90.